The van der Waals surface area contributed by atoms with Crippen molar-refractivity contribution in [1.29, 1.82) is 0 Å². The summed E-state index contributed by atoms with van der Waals surface area (Å²) in [6, 6.07) is 5.12. The molecule has 0 saturated carbocycles. The smallest absolute Gasteiger partial charge is 0.143 e. The molecular formula is C13H17BrFNO. The predicted molar refractivity (Wildman–Crippen MR) is 69.3 cm³/mol. The maximum Gasteiger partial charge on any atom is 0.143 e. The Morgan fingerprint density at radius 1 is 1.59 bits per heavy atom. The fourth-order valence-electron chi connectivity index (χ4n) is 2.60. The van der Waals surface area contributed by atoms with Crippen molar-refractivity contribution in [2.75, 3.05) is 13.1 Å². The van der Waals surface area contributed by atoms with Crippen LogP contribution in [-0.4, -0.2) is 18.2 Å². The van der Waals surface area contributed by atoms with Gasteiger partial charge in [-0.1, -0.05) is 19.1 Å². The molecule has 2 N–H and O–H groups in total. The Balaban J connectivity index is 2.45. The molecule has 0 amide bonds. The standard InChI is InChI=1S/C13H17BrFNO/c1-2-9-8-16-7-6-13(9,17)10-4-3-5-11(14)12(10)15/h3-5,9,16-17H,2,6-8H2,1H3. The van der Waals surface area contributed by atoms with Crippen LogP contribution in [0.4, 0.5) is 4.39 Å². The molecule has 1 aliphatic rings. The molecule has 1 aliphatic heterocycles. The molecule has 2 nitrogen and oxygen atoms in total. The van der Waals surface area contributed by atoms with Crippen molar-refractivity contribution in [2.45, 2.75) is 25.4 Å². The third-order valence-corrected chi connectivity index (χ3v) is 4.27. The number of rotatable bonds is 2. The van der Waals surface area contributed by atoms with E-state index >= 15 is 0 Å². The maximum absolute atomic E-state index is 14.1. The molecule has 4 heteroatoms. The number of piperidine rings is 1. The van der Waals surface area contributed by atoms with E-state index in [0.717, 1.165) is 19.5 Å². The topological polar surface area (TPSA) is 32.3 Å². The van der Waals surface area contributed by atoms with Crippen LogP contribution in [0.1, 0.15) is 25.3 Å². The molecule has 0 aliphatic carbocycles. The van der Waals surface area contributed by atoms with Crippen LogP contribution in [0.2, 0.25) is 0 Å². The van der Waals surface area contributed by atoms with Gasteiger partial charge in [-0.15, -0.1) is 0 Å². The van der Waals surface area contributed by atoms with Gasteiger partial charge in [-0.3, -0.25) is 0 Å². The number of benzene rings is 1. The van der Waals surface area contributed by atoms with E-state index in [9.17, 15) is 9.50 Å². The van der Waals surface area contributed by atoms with Gasteiger partial charge in [0.25, 0.3) is 0 Å². The second-order valence-corrected chi connectivity index (χ2v) is 5.44. The molecule has 0 spiro atoms. The van der Waals surface area contributed by atoms with E-state index < -0.39 is 5.60 Å². The SMILES string of the molecule is CCC1CNCCC1(O)c1cccc(Br)c1F. The quantitative estimate of drug-likeness (QED) is 0.880. The third-order valence-electron chi connectivity index (χ3n) is 3.66. The number of hydrogen-bond acceptors (Lipinski definition) is 2. The average Bonchev–Trinajstić information content (AvgIpc) is 2.33. The van der Waals surface area contributed by atoms with Crippen molar-refractivity contribution in [3.63, 3.8) is 0 Å². The molecule has 94 valence electrons. The summed E-state index contributed by atoms with van der Waals surface area (Å²) in [6.07, 6.45) is 1.38. The third kappa shape index (κ3) is 2.26. The van der Waals surface area contributed by atoms with E-state index in [4.69, 9.17) is 0 Å². The minimum atomic E-state index is -1.05. The van der Waals surface area contributed by atoms with Gasteiger partial charge in [-0.25, -0.2) is 4.39 Å². The lowest BCUT2D eigenvalue weighted by atomic mass is 9.75. The van der Waals surface area contributed by atoms with Crippen molar-refractivity contribution in [2.24, 2.45) is 5.92 Å². The molecule has 2 unspecified atom stereocenters. The highest BCUT2D eigenvalue weighted by Gasteiger charge is 2.41. The van der Waals surface area contributed by atoms with Gasteiger partial charge in [-0.05, 0) is 41.4 Å². The zero-order valence-corrected chi connectivity index (χ0v) is 11.4. The van der Waals surface area contributed by atoms with Gasteiger partial charge in [0, 0.05) is 18.0 Å². The van der Waals surface area contributed by atoms with Crippen LogP contribution in [0.3, 0.4) is 0 Å². The normalized spacial score (nSPS) is 29.3. The van der Waals surface area contributed by atoms with E-state index in [-0.39, 0.29) is 11.7 Å². The Morgan fingerprint density at radius 2 is 2.35 bits per heavy atom. The number of halogens is 2. The number of hydrogen-bond donors (Lipinski definition) is 2. The highest BCUT2D eigenvalue weighted by Crippen LogP contribution is 2.39. The van der Waals surface area contributed by atoms with E-state index in [2.05, 4.69) is 21.2 Å². The van der Waals surface area contributed by atoms with Crippen LogP contribution >= 0.6 is 15.9 Å². The summed E-state index contributed by atoms with van der Waals surface area (Å²) >= 11 is 3.18. The van der Waals surface area contributed by atoms with Crippen LogP contribution in [0.25, 0.3) is 0 Å². The summed E-state index contributed by atoms with van der Waals surface area (Å²) < 4.78 is 14.5. The molecule has 1 aromatic rings. The van der Waals surface area contributed by atoms with Crippen molar-refractivity contribution < 1.29 is 9.50 Å². The molecule has 1 heterocycles. The van der Waals surface area contributed by atoms with Crippen LogP contribution in [0.15, 0.2) is 22.7 Å². The van der Waals surface area contributed by atoms with Gasteiger partial charge in [0.2, 0.25) is 0 Å². The number of aliphatic hydroxyl groups is 1. The lowest BCUT2D eigenvalue weighted by Gasteiger charge is -2.40. The molecule has 2 atom stereocenters. The Labute approximate surface area is 109 Å². The average molecular weight is 302 g/mol. The Kier molecular flexibility index (Phi) is 3.85. The molecule has 0 radical (unpaired) electrons. The highest BCUT2D eigenvalue weighted by atomic mass is 79.9. The second-order valence-electron chi connectivity index (χ2n) is 4.58. The minimum Gasteiger partial charge on any atom is -0.385 e. The van der Waals surface area contributed by atoms with E-state index in [0.29, 0.717) is 16.5 Å². The molecule has 1 fully saturated rings. The first-order valence-electron chi connectivity index (χ1n) is 5.97. The summed E-state index contributed by atoms with van der Waals surface area (Å²) in [5.74, 6) is -0.282. The van der Waals surface area contributed by atoms with Crippen molar-refractivity contribution >= 4 is 15.9 Å². The summed E-state index contributed by atoms with van der Waals surface area (Å²) in [7, 11) is 0. The van der Waals surface area contributed by atoms with Gasteiger partial charge >= 0.3 is 0 Å². The fourth-order valence-corrected chi connectivity index (χ4v) is 2.97. The molecule has 1 saturated heterocycles. The summed E-state index contributed by atoms with van der Waals surface area (Å²) in [5, 5.41) is 14.1. The van der Waals surface area contributed by atoms with Gasteiger partial charge in [-0.2, -0.15) is 0 Å². The Morgan fingerprint density at radius 3 is 3.06 bits per heavy atom. The predicted octanol–water partition coefficient (Wildman–Crippen LogP) is 2.80. The molecule has 0 aromatic heterocycles. The van der Waals surface area contributed by atoms with E-state index in [1.807, 2.05) is 6.92 Å². The summed E-state index contributed by atoms with van der Waals surface area (Å²) in [6.45, 7) is 3.48. The first kappa shape index (κ1) is 13.0. The van der Waals surface area contributed by atoms with Crippen LogP contribution < -0.4 is 5.32 Å². The monoisotopic (exact) mass is 301 g/mol. The lowest BCUT2D eigenvalue weighted by Crippen LogP contribution is -2.48. The van der Waals surface area contributed by atoms with E-state index in [1.54, 1.807) is 18.2 Å². The number of nitrogens with one attached hydrogen (secondary N) is 1. The zero-order chi connectivity index (χ0) is 12.5. The molecule has 17 heavy (non-hydrogen) atoms. The van der Waals surface area contributed by atoms with Crippen LogP contribution in [0, 0.1) is 11.7 Å². The first-order valence-corrected chi connectivity index (χ1v) is 6.76. The highest BCUT2D eigenvalue weighted by molar-refractivity contribution is 9.10. The van der Waals surface area contributed by atoms with Gasteiger partial charge < -0.3 is 10.4 Å². The molecule has 0 bridgehead atoms. The second kappa shape index (κ2) is 5.04. The zero-order valence-electron chi connectivity index (χ0n) is 9.84. The molecular weight excluding hydrogens is 285 g/mol. The van der Waals surface area contributed by atoms with Crippen molar-refractivity contribution in [1.82, 2.24) is 5.32 Å². The van der Waals surface area contributed by atoms with Crippen LogP contribution in [-0.2, 0) is 5.60 Å². The van der Waals surface area contributed by atoms with E-state index in [1.165, 1.54) is 0 Å². The lowest BCUT2D eigenvalue weighted by molar-refractivity contribution is -0.0505. The van der Waals surface area contributed by atoms with Crippen LogP contribution in [0.5, 0.6) is 0 Å². The molecule has 2 rings (SSSR count). The summed E-state index contributed by atoms with van der Waals surface area (Å²) in [4.78, 5) is 0. The first-order chi connectivity index (χ1) is 8.09. The molecule has 1 aromatic carbocycles. The Hall–Kier alpha value is -0.450. The Bertz CT molecular complexity index is 412. The maximum atomic E-state index is 14.1. The fraction of sp³-hybridized carbons (Fsp3) is 0.538. The van der Waals surface area contributed by atoms with Crippen molar-refractivity contribution in [3.05, 3.63) is 34.1 Å². The van der Waals surface area contributed by atoms with Gasteiger partial charge in [0.1, 0.15) is 5.82 Å². The summed E-state index contributed by atoms with van der Waals surface area (Å²) in [5.41, 5.74) is -0.631. The van der Waals surface area contributed by atoms with Gasteiger partial charge in [0.15, 0.2) is 0 Å². The van der Waals surface area contributed by atoms with Gasteiger partial charge in [0.05, 0.1) is 10.1 Å². The van der Waals surface area contributed by atoms with Crippen molar-refractivity contribution in [3.8, 4) is 0 Å². The minimum absolute atomic E-state index is 0.0556. The largest absolute Gasteiger partial charge is 0.385 e.